The van der Waals surface area contributed by atoms with Crippen LogP contribution in [0.2, 0.25) is 0 Å². The number of nitrogens with one attached hydrogen (secondary N) is 2. The number of hydrogen-bond acceptors (Lipinski definition) is 5. The summed E-state index contributed by atoms with van der Waals surface area (Å²) in [6, 6.07) is 24.5. The number of nitrogens with two attached hydrogens (primary N) is 1. The van der Waals surface area contributed by atoms with Gasteiger partial charge < -0.3 is 26.1 Å². The van der Waals surface area contributed by atoms with Crippen LogP contribution in [0.3, 0.4) is 0 Å². The first-order valence-corrected chi connectivity index (χ1v) is 12.9. The van der Waals surface area contributed by atoms with Gasteiger partial charge in [-0.2, -0.15) is 0 Å². The number of rotatable bonds is 13. The molecule has 0 aliphatic heterocycles. The van der Waals surface area contributed by atoms with Gasteiger partial charge in [0.05, 0.1) is 6.61 Å². The number of benzene rings is 3. The Labute approximate surface area is 229 Å². The Morgan fingerprint density at radius 2 is 1.74 bits per heavy atom. The highest BCUT2D eigenvalue weighted by atomic mass is 16.5. The van der Waals surface area contributed by atoms with Crippen LogP contribution in [0.1, 0.15) is 44.9 Å². The quantitative estimate of drug-likeness (QED) is 0.0841. The molecule has 38 heavy (non-hydrogen) atoms. The third-order valence-corrected chi connectivity index (χ3v) is 6.18. The smallest absolute Gasteiger partial charge is 0.245 e. The Balaban J connectivity index is 0.00000400. The van der Waals surface area contributed by atoms with E-state index in [4.69, 9.17) is 15.9 Å². The normalized spacial score (nSPS) is 11.8. The monoisotopic (exact) mass is 514 g/mol. The number of nitrogen functional groups attached to an aromatic ring is 1. The van der Waals surface area contributed by atoms with Crippen molar-refractivity contribution in [1.29, 1.82) is 5.41 Å². The fourth-order valence-corrected chi connectivity index (χ4v) is 4.13. The molecular formula is C32H42N4O2. The largest absolute Gasteiger partial charge is 0.494 e. The second kappa shape index (κ2) is 14.5. The van der Waals surface area contributed by atoms with Crippen molar-refractivity contribution in [3.63, 3.8) is 0 Å². The molecule has 0 saturated carbocycles. The summed E-state index contributed by atoms with van der Waals surface area (Å²) >= 11 is 0. The van der Waals surface area contributed by atoms with Gasteiger partial charge in [-0.05, 0) is 71.5 Å². The minimum absolute atomic E-state index is 0. The zero-order valence-corrected chi connectivity index (χ0v) is 22.5. The summed E-state index contributed by atoms with van der Waals surface area (Å²) in [7, 11) is 3.47. The summed E-state index contributed by atoms with van der Waals surface area (Å²) in [6.45, 7) is 4.21. The van der Waals surface area contributed by atoms with Crippen LogP contribution in [0.4, 0.5) is 5.69 Å². The first-order chi connectivity index (χ1) is 18.4. The van der Waals surface area contributed by atoms with E-state index in [-0.39, 0.29) is 8.76 Å². The van der Waals surface area contributed by atoms with Crippen molar-refractivity contribution >= 4 is 29.0 Å². The molecule has 0 spiro atoms. The Hall–Kier alpha value is -4.16. The summed E-state index contributed by atoms with van der Waals surface area (Å²) in [5, 5.41) is 11.1. The number of carbonyl (C=O) groups is 1. The molecule has 0 fully saturated rings. The van der Waals surface area contributed by atoms with Crippen LogP contribution in [0.15, 0.2) is 84.9 Å². The van der Waals surface area contributed by atoms with E-state index < -0.39 is 0 Å². The van der Waals surface area contributed by atoms with Gasteiger partial charge in [-0.25, -0.2) is 0 Å². The molecule has 3 aromatic rings. The highest BCUT2D eigenvalue weighted by molar-refractivity contribution is 6.00. The number of ether oxygens (including phenoxy) is 1. The van der Waals surface area contributed by atoms with Crippen LogP contribution in [0.5, 0.6) is 5.75 Å². The lowest BCUT2D eigenvalue weighted by molar-refractivity contribution is -0.123. The minimum Gasteiger partial charge on any atom is -0.494 e. The van der Waals surface area contributed by atoms with E-state index >= 15 is 0 Å². The molecule has 0 saturated heterocycles. The number of carbonyl (C=O) groups excluding carboxylic acids is 1. The van der Waals surface area contributed by atoms with Crippen LogP contribution in [0, 0.1) is 5.41 Å². The standard InChI is InChI=1S/C32H38N4O2.2H2/c1-4-29(24-10-6-5-7-11-24)32(26-15-18-30(34)27(22-26)23-33)25-13-16-28(17-14-25)38-21-9-20-35-19-8-12-31(37)36(2)3;;/h5-8,10-18,22-23,33,35H,4,9,19-21,34H2,1-3H3;2*1H/b12-8+,32-29+,33-23?;;. The number of nitrogens with zero attached hydrogens (tertiary/aromatic N) is 1. The second-order valence-electron chi connectivity index (χ2n) is 9.13. The third kappa shape index (κ3) is 7.92. The first kappa shape index (κ1) is 28.4. The molecule has 6 nitrogen and oxygen atoms in total. The molecular weight excluding hydrogens is 472 g/mol. The lowest BCUT2D eigenvalue weighted by Gasteiger charge is -2.18. The van der Waals surface area contributed by atoms with Gasteiger partial charge in [0.15, 0.2) is 0 Å². The van der Waals surface area contributed by atoms with E-state index in [1.165, 1.54) is 17.4 Å². The molecule has 3 aromatic carbocycles. The Bertz CT molecular complexity index is 1270. The second-order valence-corrected chi connectivity index (χ2v) is 9.13. The van der Waals surface area contributed by atoms with Crippen molar-refractivity contribution < 1.29 is 12.4 Å². The van der Waals surface area contributed by atoms with Crippen LogP contribution >= 0.6 is 0 Å². The molecule has 1 amide bonds. The maximum absolute atomic E-state index is 11.5. The predicted molar refractivity (Wildman–Crippen MR) is 163 cm³/mol. The van der Waals surface area contributed by atoms with Gasteiger partial charge in [-0.3, -0.25) is 4.79 Å². The molecule has 3 rings (SSSR count). The molecule has 0 aliphatic carbocycles. The van der Waals surface area contributed by atoms with Gasteiger partial charge in [-0.1, -0.05) is 61.5 Å². The fourth-order valence-electron chi connectivity index (χ4n) is 4.13. The van der Waals surface area contributed by atoms with Crippen LogP contribution in [0.25, 0.3) is 11.1 Å². The predicted octanol–water partition coefficient (Wildman–Crippen LogP) is 6.13. The zero-order valence-electron chi connectivity index (χ0n) is 22.5. The van der Waals surface area contributed by atoms with Gasteiger partial charge >= 0.3 is 0 Å². The number of amides is 1. The van der Waals surface area contributed by atoms with Crippen molar-refractivity contribution in [3.8, 4) is 5.75 Å². The highest BCUT2D eigenvalue weighted by Crippen LogP contribution is 2.35. The van der Waals surface area contributed by atoms with Gasteiger partial charge in [0, 0.05) is 47.0 Å². The lowest BCUT2D eigenvalue weighted by atomic mass is 9.87. The summed E-state index contributed by atoms with van der Waals surface area (Å²) in [6.07, 6.45) is 6.42. The van der Waals surface area contributed by atoms with E-state index in [9.17, 15) is 4.79 Å². The van der Waals surface area contributed by atoms with Crippen molar-refractivity contribution in [3.05, 3.63) is 107 Å². The first-order valence-electron chi connectivity index (χ1n) is 12.9. The summed E-state index contributed by atoms with van der Waals surface area (Å²) in [4.78, 5) is 13.1. The van der Waals surface area contributed by atoms with Crippen LogP contribution < -0.4 is 15.8 Å². The molecule has 202 valence electrons. The Morgan fingerprint density at radius 3 is 2.39 bits per heavy atom. The van der Waals surface area contributed by atoms with Gasteiger partial charge in [0.2, 0.25) is 5.91 Å². The lowest BCUT2D eigenvalue weighted by Crippen LogP contribution is -2.20. The summed E-state index contributed by atoms with van der Waals surface area (Å²) < 4.78 is 5.97. The number of hydrogen-bond donors (Lipinski definition) is 3. The van der Waals surface area contributed by atoms with Crippen molar-refractivity contribution in [2.24, 2.45) is 0 Å². The van der Waals surface area contributed by atoms with Crippen molar-refractivity contribution in [2.45, 2.75) is 19.8 Å². The molecule has 0 atom stereocenters. The van der Waals surface area contributed by atoms with Crippen molar-refractivity contribution in [1.82, 2.24) is 10.2 Å². The van der Waals surface area contributed by atoms with Crippen molar-refractivity contribution in [2.75, 3.05) is 39.5 Å². The third-order valence-electron chi connectivity index (χ3n) is 6.18. The molecule has 0 aromatic heterocycles. The van der Waals surface area contributed by atoms with Gasteiger partial charge in [0.1, 0.15) is 5.75 Å². The van der Waals surface area contributed by atoms with Crippen LogP contribution in [-0.2, 0) is 4.79 Å². The Morgan fingerprint density at radius 1 is 1.03 bits per heavy atom. The molecule has 0 heterocycles. The van der Waals surface area contributed by atoms with E-state index in [2.05, 4.69) is 48.6 Å². The molecule has 4 N–H and O–H groups in total. The van der Waals surface area contributed by atoms with Gasteiger partial charge in [-0.15, -0.1) is 0 Å². The number of likely N-dealkylation sites (N-methyl/N-ethyl adjacent to an activating group) is 1. The summed E-state index contributed by atoms with van der Waals surface area (Å²) in [5.41, 5.74) is 13.0. The average molecular weight is 515 g/mol. The summed E-state index contributed by atoms with van der Waals surface area (Å²) in [5.74, 6) is 0.804. The fraction of sp³-hybridized carbons (Fsp3) is 0.250. The molecule has 0 bridgehead atoms. The number of allylic oxidation sites excluding steroid dienone is 1. The maximum Gasteiger partial charge on any atom is 0.245 e. The molecule has 0 unspecified atom stereocenters. The Kier molecular flexibility index (Phi) is 10.9. The average Bonchev–Trinajstić information content (AvgIpc) is 2.94. The van der Waals surface area contributed by atoms with Gasteiger partial charge in [0.25, 0.3) is 0 Å². The van der Waals surface area contributed by atoms with E-state index in [1.54, 1.807) is 25.1 Å². The minimum atomic E-state index is -0.0158. The van der Waals surface area contributed by atoms with E-state index in [0.717, 1.165) is 41.8 Å². The molecule has 0 aliphatic rings. The van der Waals surface area contributed by atoms with E-state index in [1.807, 2.05) is 42.5 Å². The topological polar surface area (TPSA) is 91.4 Å². The molecule has 0 radical (unpaired) electrons. The highest BCUT2D eigenvalue weighted by Gasteiger charge is 2.14. The zero-order chi connectivity index (χ0) is 27.3. The number of anilines is 1. The SMILES string of the molecule is CC/C(=C(/c1ccc(OCCCNC/C=C/C(=O)N(C)C)cc1)c1ccc(N)c(C=N)c1)c1ccccc1.[HH].[HH]. The molecule has 6 heteroatoms. The van der Waals surface area contributed by atoms with E-state index in [0.29, 0.717) is 24.4 Å². The maximum atomic E-state index is 11.5. The van der Waals surface area contributed by atoms with Crippen LogP contribution in [-0.4, -0.2) is 50.8 Å².